The molecule has 2 aromatic rings. The summed E-state index contributed by atoms with van der Waals surface area (Å²) in [6.07, 6.45) is 0. The number of nitrogens with one attached hydrogen (secondary N) is 1. The molecule has 0 aromatic heterocycles. The van der Waals surface area contributed by atoms with E-state index in [1.54, 1.807) is 24.3 Å². The second kappa shape index (κ2) is 6.76. The van der Waals surface area contributed by atoms with Gasteiger partial charge < -0.3 is 15.2 Å². The van der Waals surface area contributed by atoms with E-state index in [-0.39, 0.29) is 28.8 Å². The highest BCUT2D eigenvalue weighted by Gasteiger charge is 2.09. The Morgan fingerprint density at radius 2 is 1.86 bits per heavy atom. The number of carboxylic acid groups (broad SMARTS) is 1. The van der Waals surface area contributed by atoms with Crippen LogP contribution in [-0.2, 0) is 4.79 Å². The largest absolute Gasteiger partial charge is 0.482 e. The molecule has 0 saturated carbocycles. The van der Waals surface area contributed by atoms with Gasteiger partial charge in [-0.25, -0.2) is 4.79 Å². The SMILES string of the molecule is O=C(COc1ccc(C(=O)O)cc1Cl)Nc1ccccc1. The van der Waals surface area contributed by atoms with Crippen molar-refractivity contribution in [1.29, 1.82) is 0 Å². The van der Waals surface area contributed by atoms with E-state index in [0.717, 1.165) is 0 Å². The van der Waals surface area contributed by atoms with Crippen LogP contribution in [0.1, 0.15) is 10.4 Å². The van der Waals surface area contributed by atoms with Crippen LogP contribution in [0.3, 0.4) is 0 Å². The van der Waals surface area contributed by atoms with Crippen LogP contribution in [0, 0.1) is 0 Å². The number of carbonyl (C=O) groups is 2. The molecule has 108 valence electrons. The Hall–Kier alpha value is -2.53. The molecule has 0 aliphatic rings. The van der Waals surface area contributed by atoms with Crippen LogP contribution in [0.25, 0.3) is 0 Å². The van der Waals surface area contributed by atoms with Crippen LogP contribution >= 0.6 is 11.6 Å². The van der Waals surface area contributed by atoms with Gasteiger partial charge in [0.15, 0.2) is 6.61 Å². The number of amides is 1. The Labute approximate surface area is 126 Å². The molecule has 0 heterocycles. The highest BCUT2D eigenvalue weighted by atomic mass is 35.5. The van der Waals surface area contributed by atoms with E-state index < -0.39 is 5.97 Å². The smallest absolute Gasteiger partial charge is 0.335 e. The summed E-state index contributed by atoms with van der Waals surface area (Å²) in [6, 6.07) is 13.0. The lowest BCUT2D eigenvalue weighted by Crippen LogP contribution is -2.20. The minimum Gasteiger partial charge on any atom is -0.482 e. The fraction of sp³-hybridized carbons (Fsp3) is 0.0667. The number of hydrogen-bond donors (Lipinski definition) is 2. The maximum absolute atomic E-state index is 11.7. The van der Waals surface area contributed by atoms with Gasteiger partial charge in [0.1, 0.15) is 5.75 Å². The van der Waals surface area contributed by atoms with Gasteiger partial charge in [0.25, 0.3) is 5.91 Å². The van der Waals surface area contributed by atoms with Crippen molar-refractivity contribution in [2.24, 2.45) is 0 Å². The molecule has 2 N–H and O–H groups in total. The molecular weight excluding hydrogens is 294 g/mol. The van der Waals surface area contributed by atoms with Gasteiger partial charge in [-0.3, -0.25) is 4.79 Å². The van der Waals surface area contributed by atoms with Crippen molar-refractivity contribution in [3.63, 3.8) is 0 Å². The average molecular weight is 306 g/mol. The summed E-state index contributed by atoms with van der Waals surface area (Å²) in [6.45, 7) is -0.221. The van der Waals surface area contributed by atoms with E-state index >= 15 is 0 Å². The number of rotatable bonds is 5. The molecule has 2 aromatic carbocycles. The quantitative estimate of drug-likeness (QED) is 0.890. The molecule has 6 heteroatoms. The molecule has 0 bridgehead atoms. The van der Waals surface area contributed by atoms with Crippen molar-refractivity contribution in [3.05, 3.63) is 59.1 Å². The van der Waals surface area contributed by atoms with Gasteiger partial charge in [-0.15, -0.1) is 0 Å². The van der Waals surface area contributed by atoms with Crippen molar-refractivity contribution in [1.82, 2.24) is 0 Å². The summed E-state index contributed by atoms with van der Waals surface area (Å²) in [5.41, 5.74) is 0.722. The molecule has 2 rings (SSSR count). The Kier molecular flexibility index (Phi) is 4.79. The van der Waals surface area contributed by atoms with E-state index in [9.17, 15) is 9.59 Å². The predicted octanol–water partition coefficient (Wildman–Crippen LogP) is 3.06. The van der Waals surface area contributed by atoms with Gasteiger partial charge >= 0.3 is 5.97 Å². The molecule has 0 atom stereocenters. The monoisotopic (exact) mass is 305 g/mol. The second-order valence-electron chi connectivity index (χ2n) is 4.15. The minimum absolute atomic E-state index is 0.0566. The van der Waals surface area contributed by atoms with E-state index in [0.29, 0.717) is 5.69 Å². The first-order chi connectivity index (χ1) is 10.1. The molecular formula is C15H12ClNO4. The van der Waals surface area contributed by atoms with Crippen LogP contribution in [0.5, 0.6) is 5.75 Å². The molecule has 5 nitrogen and oxygen atoms in total. The molecule has 0 fully saturated rings. The number of carbonyl (C=O) groups excluding carboxylic acids is 1. The number of aromatic carboxylic acids is 1. The normalized spacial score (nSPS) is 9.95. The molecule has 1 amide bonds. The molecule has 0 saturated heterocycles. The van der Waals surface area contributed by atoms with Gasteiger partial charge in [-0.1, -0.05) is 29.8 Å². The lowest BCUT2D eigenvalue weighted by Gasteiger charge is -2.09. The number of carboxylic acids is 1. The number of ether oxygens (including phenoxy) is 1. The first-order valence-electron chi connectivity index (χ1n) is 6.07. The number of halogens is 1. The van der Waals surface area contributed by atoms with Crippen LogP contribution in [-0.4, -0.2) is 23.6 Å². The highest BCUT2D eigenvalue weighted by molar-refractivity contribution is 6.32. The second-order valence-corrected chi connectivity index (χ2v) is 4.56. The van der Waals surface area contributed by atoms with Gasteiger partial charge in [0.05, 0.1) is 10.6 Å². The van der Waals surface area contributed by atoms with Crippen LogP contribution in [0.2, 0.25) is 5.02 Å². The van der Waals surface area contributed by atoms with Gasteiger partial charge in [0, 0.05) is 5.69 Å². The molecule has 21 heavy (non-hydrogen) atoms. The summed E-state index contributed by atoms with van der Waals surface area (Å²) in [5.74, 6) is -1.16. The number of hydrogen-bond acceptors (Lipinski definition) is 3. The zero-order chi connectivity index (χ0) is 15.2. The number of anilines is 1. The van der Waals surface area contributed by atoms with Gasteiger partial charge in [-0.2, -0.15) is 0 Å². The van der Waals surface area contributed by atoms with Crippen molar-refractivity contribution < 1.29 is 19.4 Å². The lowest BCUT2D eigenvalue weighted by molar-refractivity contribution is -0.118. The third kappa shape index (κ3) is 4.22. The Bertz CT molecular complexity index is 658. The number of benzene rings is 2. The maximum atomic E-state index is 11.7. The lowest BCUT2D eigenvalue weighted by atomic mass is 10.2. The first-order valence-corrected chi connectivity index (χ1v) is 6.44. The Morgan fingerprint density at radius 1 is 1.14 bits per heavy atom. The highest BCUT2D eigenvalue weighted by Crippen LogP contribution is 2.25. The summed E-state index contributed by atoms with van der Waals surface area (Å²) in [7, 11) is 0. The fourth-order valence-electron chi connectivity index (χ4n) is 1.61. The summed E-state index contributed by atoms with van der Waals surface area (Å²) >= 11 is 5.90. The van der Waals surface area contributed by atoms with E-state index in [1.807, 2.05) is 6.07 Å². The van der Waals surface area contributed by atoms with Crippen LogP contribution < -0.4 is 10.1 Å². The van der Waals surface area contributed by atoms with E-state index in [2.05, 4.69) is 5.32 Å². The summed E-state index contributed by atoms with van der Waals surface area (Å²) in [5, 5.41) is 11.6. The molecule has 0 aliphatic carbocycles. The Morgan fingerprint density at radius 3 is 2.48 bits per heavy atom. The topological polar surface area (TPSA) is 75.6 Å². The van der Waals surface area contributed by atoms with Gasteiger partial charge in [-0.05, 0) is 30.3 Å². The summed E-state index contributed by atoms with van der Waals surface area (Å²) in [4.78, 5) is 22.5. The maximum Gasteiger partial charge on any atom is 0.335 e. The average Bonchev–Trinajstić information content (AvgIpc) is 2.47. The molecule has 0 spiro atoms. The molecule has 0 aliphatic heterocycles. The third-order valence-corrected chi connectivity index (χ3v) is 2.89. The van der Waals surface area contributed by atoms with Gasteiger partial charge in [0.2, 0.25) is 0 Å². The van der Waals surface area contributed by atoms with Crippen LogP contribution in [0.15, 0.2) is 48.5 Å². The fourth-order valence-corrected chi connectivity index (χ4v) is 1.85. The van der Waals surface area contributed by atoms with E-state index in [4.69, 9.17) is 21.4 Å². The minimum atomic E-state index is -1.08. The molecule has 0 radical (unpaired) electrons. The van der Waals surface area contributed by atoms with Crippen molar-refractivity contribution in [3.8, 4) is 5.75 Å². The predicted molar refractivity (Wildman–Crippen MR) is 79.0 cm³/mol. The van der Waals surface area contributed by atoms with E-state index in [1.165, 1.54) is 18.2 Å². The number of para-hydroxylation sites is 1. The van der Waals surface area contributed by atoms with Crippen molar-refractivity contribution in [2.75, 3.05) is 11.9 Å². The molecule has 0 unspecified atom stereocenters. The van der Waals surface area contributed by atoms with Crippen molar-refractivity contribution >= 4 is 29.2 Å². The Balaban J connectivity index is 1.94. The van der Waals surface area contributed by atoms with Crippen LogP contribution in [0.4, 0.5) is 5.69 Å². The standard InChI is InChI=1S/C15H12ClNO4/c16-12-8-10(15(19)20)6-7-13(12)21-9-14(18)17-11-4-2-1-3-5-11/h1-8H,9H2,(H,17,18)(H,19,20). The summed E-state index contributed by atoms with van der Waals surface area (Å²) < 4.78 is 5.27. The zero-order valence-electron chi connectivity index (χ0n) is 10.9. The zero-order valence-corrected chi connectivity index (χ0v) is 11.6. The first kappa shape index (κ1) is 14.9. The third-order valence-electron chi connectivity index (χ3n) is 2.60. The van der Waals surface area contributed by atoms with Crippen molar-refractivity contribution in [2.45, 2.75) is 0 Å².